The molecule has 1 aromatic rings. The highest BCUT2D eigenvalue weighted by Crippen LogP contribution is 2.16. The Bertz CT molecular complexity index is 418. The summed E-state index contributed by atoms with van der Waals surface area (Å²) >= 11 is 0. The Labute approximate surface area is 81.1 Å². The molecule has 1 rings (SSSR count). The standard InChI is InChI=1S/C9H9N3O2/c1-14-9-7(10)4-2-6(12-9)3-5-8(11)13/h2,4H,10H2,1H3,(H2,11,13). The first kappa shape index (κ1) is 9.86. The van der Waals surface area contributed by atoms with Crippen LogP contribution in [0.4, 0.5) is 5.69 Å². The molecule has 1 amide bonds. The average molecular weight is 191 g/mol. The summed E-state index contributed by atoms with van der Waals surface area (Å²) in [5.41, 5.74) is 11.2. The first-order valence-corrected chi connectivity index (χ1v) is 3.75. The van der Waals surface area contributed by atoms with Crippen LogP contribution in [0.1, 0.15) is 5.69 Å². The molecule has 1 heterocycles. The zero-order valence-electron chi connectivity index (χ0n) is 7.57. The molecule has 0 aliphatic carbocycles. The lowest BCUT2D eigenvalue weighted by Gasteiger charge is -2.01. The van der Waals surface area contributed by atoms with Gasteiger partial charge in [-0.15, -0.1) is 0 Å². The summed E-state index contributed by atoms with van der Waals surface area (Å²) < 4.78 is 4.87. The number of aromatic nitrogens is 1. The molecule has 0 fully saturated rings. The molecule has 0 spiro atoms. The Balaban J connectivity index is 3.03. The Morgan fingerprint density at radius 2 is 2.29 bits per heavy atom. The van der Waals surface area contributed by atoms with Crippen LogP contribution in [0.3, 0.4) is 0 Å². The number of anilines is 1. The van der Waals surface area contributed by atoms with Crippen LogP contribution in [0, 0.1) is 11.8 Å². The number of hydrogen-bond acceptors (Lipinski definition) is 4. The first-order chi connectivity index (χ1) is 6.63. The predicted molar refractivity (Wildman–Crippen MR) is 51.3 cm³/mol. The van der Waals surface area contributed by atoms with Crippen LogP contribution in [0.2, 0.25) is 0 Å². The monoisotopic (exact) mass is 191 g/mol. The van der Waals surface area contributed by atoms with E-state index in [0.29, 0.717) is 11.4 Å². The molecule has 5 nitrogen and oxygen atoms in total. The van der Waals surface area contributed by atoms with Crippen molar-refractivity contribution < 1.29 is 9.53 Å². The molecule has 0 unspecified atom stereocenters. The van der Waals surface area contributed by atoms with Crippen molar-refractivity contribution in [3.63, 3.8) is 0 Å². The van der Waals surface area contributed by atoms with E-state index in [1.54, 1.807) is 12.1 Å². The van der Waals surface area contributed by atoms with Crippen LogP contribution >= 0.6 is 0 Å². The molecular formula is C9H9N3O2. The molecule has 1 aromatic heterocycles. The van der Waals surface area contributed by atoms with Gasteiger partial charge < -0.3 is 16.2 Å². The number of methoxy groups -OCH3 is 1. The summed E-state index contributed by atoms with van der Waals surface area (Å²) in [6.45, 7) is 0. The summed E-state index contributed by atoms with van der Waals surface area (Å²) in [5, 5.41) is 0. The lowest BCUT2D eigenvalue weighted by atomic mass is 10.3. The van der Waals surface area contributed by atoms with Gasteiger partial charge in [-0.05, 0) is 18.1 Å². The number of rotatable bonds is 1. The van der Waals surface area contributed by atoms with Gasteiger partial charge in [-0.25, -0.2) is 4.98 Å². The summed E-state index contributed by atoms with van der Waals surface area (Å²) in [7, 11) is 1.45. The van der Waals surface area contributed by atoms with Crippen LogP contribution in [0.25, 0.3) is 0 Å². The quantitative estimate of drug-likeness (QED) is 0.586. The zero-order valence-corrected chi connectivity index (χ0v) is 7.57. The second-order valence-electron chi connectivity index (χ2n) is 2.41. The van der Waals surface area contributed by atoms with Crippen LogP contribution in [0.5, 0.6) is 5.88 Å². The average Bonchev–Trinajstić information content (AvgIpc) is 2.16. The lowest BCUT2D eigenvalue weighted by molar-refractivity contribution is -0.112. The molecule has 14 heavy (non-hydrogen) atoms. The van der Waals surface area contributed by atoms with E-state index >= 15 is 0 Å². The number of carbonyl (C=O) groups excluding carboxylic acids is 1. The first-order valence-electron chi connectivity index (χ1n) is 3.75. The number of carbonyl (C=O) groups is 1. The number of nitrogen functional groups attached to an aromatic ring is 1. The van der Waals surface area contributed by atoms with Crippen LogP contribution in [-0.4, -0.2) is 18.0 Å². The number of primary amides is 1. The van der Waals surface area contributed by atoms with Gasteiger partial charge in [0.05, 0.1) is 12.8 Å². The highest BCUT2D eigenvalue weighted by atomic mass is 16.5. The fourth-order valence-electron chi connectivity index (χ4n) is 0.810. The van der Waals surface area contributed by atoms with Gasteiger partial charge in [0, 0.05) is 5.92 Å². The Morgan fingerprint density at radius 1 is 1.57 bits per heavy atom. The summed E-state index contributed by atoms with van der Waals surface area (Å²) in [6, 6.07) is 3.17. The topological polar surface area (TPSA) is 91.2 Å². The van der Waals surface area contributed by atoms with Crippen LogP contribution in [-0.2, 0) is 4.79 Å². The number of amides is 1. The van der Waals surface area contributed by atoms with E-state index in [1.165, 1.54) is 7.11 Å². The van der Waals surface area contributed by atoms with Gasteiger partial charge in [0.25, 0.3) is 5.91 Å². The second-order valence-corrected chi connectivity index (χ2v) is 2.41. The maximum atomic E-state index is 10.4. The summed E-state index contributed by atoms with van der Waals surface area (Å²) in [4.78, 5) is 14.3. The van der Waals surface area contributed by atoms with E-state index in [9.17, 15) is 4.79 Å². The van der Waals surface area contributed by atoms with Crippen molar-refractivity contribution in [1.29, 1.82) is 0 Å². The SMILES string of the molecule is COc1nc(C#CC(N)=O)ccc1N. The number of nitrogens with two attached hydrogens (primary N) is 2. The van der Waals surface area contributed by atoms with Crippen molar-refractivity contribution in [3.8, 4) is 17.7 Å². The molecule has 0 aliphatic rings. The Hall–Kier alpha value is -2.22. The molecule has 5 heteroatoms. The molecule has 0 atom stereocenters. The van der Waals surface area contributed by atoms with Crippen LogP contribution < -0.4 is 16.2 Å². The molecule has 0 aliphatic heterocycles. The van der Waals surface area contributed by atoms with Crippen molar-refractivity contribution in [2.75, 3.05) is 12.8 Å². The minimum absolute atomic E-state index is 0.279. The molecule has 0 saturated carbocycles. The van der Waals surface area contributed by atoms with Gasteiger partial charge in [0.2, 0.25) is 5.88 Å². The Morgan fingerprint density at radius 3 is 2.86 bits per heavy atom. The van der Waals surface area contributed by atoms with Crippen molar-refractivity contribution >= 4 is 11.6 Å². The lowest BCUT2D eigenvalue weighted by Crippen LogP contribution is -2.06. The van der Waals surface area contributed by atoms with Gasteiger partial charge in [-0.1, -0.05) is 0 Å². The fourth-order valence-corrected chi connectivity index (χ4v) is 0.810. The maximum Gasteiger partial charge on any atom is 0.293 e. The maximum absolute atomic E-state index is 10.4. The highest BCUT2D eigenvalue weighted by Gasteiger charge is 2.00. The van der Waals surface area contributed by atoms with E-state index in [0.717, 1.165) is 0 Å². The largest absolute Gasteiger partial charge is 0.479 e. The summed E-state index contributed by atoms with van der Waals surface area (Å²) in [5.74, 6) is 4.21. The minimum atomic E-state index is -0.706. The summed E-state index contributed by atoms with van der Waals surface area (Å²) in [6.07, 6.45) is 0. The van der Waals surface area contributed by atoms with E-state index in [1.807, 2.05) is 0 Å². The fraction of sp³-hybridized carbons (Fsp3) is 0.111. The molecule has 72 valence electrons. The number of hydrogen-bond donors (Lipinski definition) is 2. The Kier molecular flexibility index (Phi) is 2.92. The van der Waals surface area contributed by atoms with Crippen LogP contribution in [0.15, 0.2) is 12.1 Å². The van der Waals surface area contributed by atoms with E-state index in [-0.39, 0.29) is 5.88 Å². The van der Waals surface area contributed by atoms with Gasteiger partial charge in [-0.2, -0.15) is 0 Å². The van der Waals surface area contributed by atoms with Gasteiger partial charge in [0.15, 0.2) is 0 Å². The smallest absolute Gasteiger partial charge is 0.293 e. The van der Waals surface area contributed by atoms with Crippen molar-refractivity contribution in [3.05, 3.63) is 17.8 Å². The highest BCUT2D eigenvalue weighted by molar-refractivity contribution is 5.92. The number of ether oxygens (including phenoxy) is 1. The third-order valence-corrected chi connectivity index (χ3v) is 1.40. The third kappa shape index (κ3) is 2.38. The van der Waals surface area contributed by atoms with Gasteiger partial charge in [-0.3, -0.25) is 4.79 Å². The minimum Gasteiger partial charge on any atom is -0.479 e. The van der Waals surface area contributed by atoms with Crippen molar-refractivity contribution in [2.24, 2.45) is 5.73 Å². The van der Waals surface area contributed by atoms with Gasteiger partial charge >= 0.3 is 0 Å². The molecule has 0 aromatic carbocycles. The molecule has 0 saturated heterocycles. The van der Waals surface area contributed by atoms with Crippen molar-refractivity contribution in [1.82, 2.24) is 4.98 Å². The molecular weight excluding hydrogens is 182 g/mol. The molecule has 0 radical (unpaired) electrons. The second kappa shape index (κ2) is 4.14. The molecule has 4 N–H and O–H groups in total. The van der Waals surface area contributed by atoms with Crippen molar-refractivity contribution in [2.45, 2.75) is 0 Å². The third-order valence-electron chi connectivity index (χ3n) is 1.40. The molecule has 0 bridgehead atoms. The predicted octanol–water partition coefficient (Wildman–Crippen LogP) is -0.491. The number of pyridine rings is 1. The zero-order chi connectivity index (χ0) is 10.6. The van der Waals surface area contributed by atoms with Gasteiger partial charge in [0.1, 0.15) is 5.69 Å². The van der Waals surface area contributed by atoms with E-state index < -0.39 is 5.91 Å². The van der Waals surface area contributed by atoms with E-state index in [2.05, 4.69) is 16.8 Å². The normalized spacial score (nSPS) is 8.64. The van der Waals surface area contributed by atoms with E-state index in [4.69, 9.17) is 16.2 Å². The number of nitrogens with zero attached hydrogens (tertiary/aromatic N) is 1.